The molecule has 0 aliphatic carbocycles. The van der Waals surface area contributed by atoms with E-state index < -0.39 is 30.1 Å². The second-order valence-corrected chi connectivity index (χ2v) is 6.99. The van der Waals surface area contributed by atoms with Gasteiger partial charge in [0.1, 0.15) is 6.04 Å². The van der Waals surface area contributed by atoms with Crippen molar-refractivity contribution in [1.82, 2.24) is 5.32 Å². The predicted molar refractivity (Wildman–Crippen MR) is 78.5 cm³/mol. The number of hydrogen-bond acceptors (Lipinski definition) is 5. The van der Waals surface area contributed by atoms with Crippen molar-refractivity contribution < 1.29 is 24.5 Å². The molecule has 5 atom stereocenters. The van der Waals surface area contributed by atoms with E-state index in [2.05, 4.69) is 5.32 Å². The first-order valence-corrected chi connectivity index (χ1v) is 7.46. The third kappa shape index (κ3) is 4.92. The van der Waals surface area contributed by atoms with Crippen molar-refractivity contribution >= 4 is 5.91 Å². The van der Waals surface area contributed by atoms with Gasteiger partial charge < -0.3 is 25.0 Å². The van der Waals surface area contributed by atoms with E-state index >= 15 is 0 Å². The van der Waals surface area contributed by atoms with Gasteiger partial charge in [-0.25, -0.2) is 0 Å². The summed E-state index contributed by atoms with van der Waals surface area (Å²) < 4.78 is 11.6. The average Bonchev–Trinajstić information content (AvgIpc) is 2.30. The number of amides is 1. The molecule has 0 aromatic rings. The highest BCUT2D eigenvalue weighted by atomic mass is 16.7. The number of carbonyl (C=O) groups is 1. The smallest absolute Gasteiger partial charge is 0.217 e. The molecule has 0 saturated carbocycles. The second-order valence-electron chi connectivity index (χ2n) is 6.99. The van der Waals surface area contributed by atoms with Gasteiger partial charge >= 0.3 is 0 Å². The van der Waals surface area contributed by atoms with Gasteiger partial charge in [0.2, 0.25) is 5.91 Å². The minimum absolute atomic E-state index is 0.101. The summed E-state index contributed by atoms with van der Waals surface area (Å²) in [5, 5.41) is 22.9. The molecule has 1 aliphatic heterocycles. The van der Waals surface area contributed by atoms with Gasteiger partial charge in [0, 0.05) is 12.8 Å². The zero-order valence-electron chi connectivity index (χ0n) is 13.8. The van der Waals surface area contributed by atoms with Crippen LogP contribution >= 0.6 is 0 Å². The Labute approximate surface area is 126 Å². The van der Waals surface area contributed by atoms with Crippen molar-refractivity contribution in [2.75, 3.05) is 6.61 Å². The third-order valence-electron chi connectivity index (χ3n) is 3.58. The summed E-state index contributed by atoms with van der Waals surface area (Å²) in [5.74, 6) is -0.425. The predicted octanol–water partition coefficient (Wildman–Crippen LogP) is 0.656. The summed E-state index contributed by atoms with van der Waals surface area (Å²) in [5.41, 5.74) is -0.494. The van der Waals surface area contributed by atoms with Gasteiger partial charge in [0.25, 0.3) is 0 Å². The molecule has 1 heterocycles. The van der Waals surface area contributed by atoms with Crippen LogP contribution in [0.5, 0.6) is 0 Å². The number of hydrogen-bond donors (Lipinski definition) is 3. The molecule has 5 unspecified atom stereocenters. The standard InChI is InChI=1S/C15H29NO5/c1-8(2)11-10(7-17)20-14(21-15(4,5)6)12(13(11)19)16-9(3)18/h8,10-14,17,19H,7H2,1-6H3,(H,16,18). The van der Waals surface area contributed by atoms with E-state index in [1.165, 1.54) is 6.92 Å². The molecule has 1 aliphatic rings. The highest BCUT2D eigenvalue weighted by Crippen LogP contribution is 2.33. The van der Waals surface area contributed by atoms with Crippen molar-refractivity contribution in [1.29, 1.82) is 0 Å². The Kier molecular flexibility index (Phi) is 6.16. The largest absolute Gasteiger partial charge is 0.394 e. The van der Waals surface area contributed by atoms with E-state index in [4.69, 9.17) is 9.47 Å². The molecule has 1 rings (SSSR count). The minimum Gasteiger partial charge on any atom is -0.394 e. The molecule has 3 N–H and O–H groups in total. The van der Waals surface area contributed by atoms with E-state index in [0.717, 1.165) is 0 Å². The van der Waals surface area contributed by atoms with Crippen LogP contribution in [0.1, 0.15) is 41.5 Å². The Morgan fingerprint density at radius 3 is 2.33 bits per heavy atom. The number of aliphatic hydroxyl groups is 2. The molecule has 0 bridgehead atoms. The molecule has 1 saturated heterocycles. The fourth-order valence-corrected chi connectivity index (χ4v) is 2.79. The normalized spacial score (nSPS) is 34.0. The third-order valence-corrected chi connectivity index (χ3v) is 3.58. The SMILES string of the molecule is CC(=O)NC1C(OC(C)(C)C)OC(CO)C(C(C)C)C1O. The van der Waals surface area contributed by atoms with Gasteiger partial charge in [0.05, 0.1) is 24.4 Å². The van der Waals surface area contributed by atoms with Crippen LogP contribution in [0.15, 0.2) is 0 Å². The monoisotopic (exact) mass is 303 g/mol. The summed E-state index contributed by atoms with van der Waals surface area (Å²) in [4.78, 5) is 11.4. The van der Waals surface area contributed by atoms with Crippen LogP contribution in [0.25, 0.3) is 0 Å². The van der Waals surface area contributed by atoms with Crippen molar-refractivity contribution in [2.45, 2.75) is 71.7 Å². The van der Waals surface area contributed by atoms with Crippen LogP contribution in [0.3, 0.4) is 0 Å². The second kappa shape index (κ2) is 7.05. The molecule has 21 heavy (non-hydrogen) atoms. The van der Waals surface area contributed by atoms with Gasteiger partial charge in [0.15, 0.2) is 6.29 Å². The average molecular weight is 303 g/mol. The molecule has 0 radical (unpaired) electrons. The molecule has 6 heteroatoms. The minimum atomic E-state index is -0.841. The number of nitrogens with one attached hydrogen (secondary N) is 1. The van der Waals surface area contributed by atoms with E-state index in [9.17, 15) is 15.0 Å². The Morgan fingerprint density at radius 2 is 1.95 bits per heavy atom. The molecule has 1 amide bonds. The van der Waals surface area contributed by atoms with Crippen molar-refractivity contribution in [3.8, 4) is 0 Å². The molecule has 0 aromatic carbocycles. The Morgan fingerprint density at radius 1 is 1.38 bits per heavy atom. The quantitative estimate of drug-likeness (QED) is 0.710. The lowest BCUT2D eigenvalue weighted by Gasteiger charge is -2.47. The summed E-state index contributed by atoms with van der Waals surface area (Å²) in [6.45, 7) is 10.7. The first-order chi connectivity index (χ1) is 9.56. The van der Waals surface area contributed by atoms with Crippen LogP contribution in [0.4, 0.5) is 0 Å². The molecular formula is C15H29NO5. The van der Waals surface area contributed by atoms with Crippen molar-refractivity contribution in [2.24, 2.45) is 11.8 Å². The lowest BCUT2D eigenvalue weighted by molar-refractivity contribution is -0.287. The van der Waals surface area contributed by atoms with E-state index in [1.54, 1.807) is 0 Å². The van der Waals surface area contributed by atoms with Gasteiger partial charge in [-0.2, -0.15) is 0 Å². The first-order valence-electron chi connectivity index (χ1n) is 7.46. The maximum atomic E-state index is 11.4. The Balaban J connectivity index is 3.02. The fraction of sp³-hybridized carbons (Fsp3) is 0.933. The van der Waals surface area contributed by atoms with Crippen molar-refractivity contribution in [3.63, 3.8) is 0 Å². The van der Waals surface area contributed by atoms with Gasteiger partial charge in [-0.15, -0.1) is 0 Å². The number of ether oxygens (including phenoxy) is 2. The van der Waals surface area contributed by atoms with Crippen LogP contribution < -0.4 is 5.32 Å². The van der Waals surface area contributed by atoms with E-state index in [1.807, 2.05) is 34.6 Å². The topological polar surface area (TPSA) is 88.0 Å². The van der Waals surface area contributed by atoms with Gasteiger partial charge in [-0.1, -0.05) is 13.8 Å². The van der Waals surface area contributed by atoms with Gasteiger partial charge in [-0.3, -0.25) is 4.79 Å². The van der Waals surface area contributed by atoms with Crippen molar-refractivity contribution in [3.05, 3.63) is 0 Å². The summed E-state index contributed by atoms with van der Waals surface area (Å²) >= 11 is 0. The van der Waals surface area contributed by atoms with E-state index in [0.29, 0.717) is 0 Å². The first kappa shape index (κ1) is 18.4. The number of carbonyl (C=O) groups excluding carboxylic acids is 1. The van der Waals surface area contributed by atoms with Crippen LogP contribution in [0, 0.1) is 11.8 Å². The lowest BCUT2D eigenvalue weighted by Crippen LogP contribution is -2.64. The number of aliphatic hydroxyl groups excluding tert-OH is 2. The van der Waals surface area contributed by atoms with Crippen LogP contribution in [-0.2, 0) is 14.3 Å². The summed E-state index contributed by atoms with van der Waals surface area (Å²) in [7, 11) is 0. The highest BCUT2D eigenvalue weighted by Gasteiger charge is 2.47. The lowest BCUT2D eigenvalue weighted by atomic mass is 9.80. The zero-order chi connectivity index (χ0) is 16.4. The Hall–Kier alpha value is -0.690. The zero-order valence-corrected chi connectivity index (χ0v) is 13.8. The highest BCUT2D eigenvalue weighted by molar-refractivity contribution is 5.73. The fourth-order valence-electron chi connectivity index (χ4n) is 2.79. The van der Waals surface area contributed by atoms with E-state index in [-0.39, 0.29) is 24.3 Å². The van der Waals surface area contributed by atoms with Gasteiger partial charge in [-0.05, 0) is 26.7 Å². The summed E-state index contributed by atoms with van der Waals surface area (Å²) in [6.07, 6.45) is -2.15. The maximum Gasteiger partial charge on any atom is 0.217 e. The summed E-state index contributed by atoms with van der Waals surface area (Å²) in [6, 6.07) is -0.656. The molecule has 0 aromatic heterocycles. The molecule has 124 valence electrons. The van der Waals surface area contributed by atoms with Crippen LogP contribution in [-0.4, -0.2) is 52.9 Å². The van der Waals surface area contributed by atoms with Crippen LogP contribution in [0.2, 0.25) is 0 Å². The molecule has 1 fully saturated rings. The number of rotatable bonds is 4. The molecule has 0 spiro atoms. The molecule has 6 nitrogen and oxygen atoms in total. The Bertz CT molecular complexity index is 352. The maximum absolute atomic E-state index is 11.4. The molecular weight excluding hydrogens is 274 g/mol.